The number of carbonyl (C=O) groups is 1. The van der Waals surface area contributed by atoms with Crippen molar-refractivity contribution in [1.29, 1.82) is 0 Å². The first-order chi connectivity index (χ1) is 5.77. The number of hydrogen-bond acceptors (Lipinski definition) is 2. The summed E-state index contributed by atoms with van der Waals surface area (Å²) in [7, 11) is 0. The van der Waals surface area contributed by atoms with Crippen molar-refractivity contribution in [3.05, 3.63) is 0 Å². The number of hydrogen-bond donors (Lipinski definition) is 1. The monoisotopic (exact) mass is 187 g/mol. The molecule has 1 fully saturated rings. The molecule has 1 aliphatic heterocycles. The van der Waals surface area contributed by atoms with Crippen LogP contribution in [0.1, 0.15) is 26.2 Å². The Morgan fingerprint density at radius 1 is 1.67 bits per heavy atom. The topological polar surface area (TPSA) is 20.3 Å². The first-order valence-electron chi connectivity index (χ1n) is 4.66. The van der Waals surface area contributed by atoms with E-state index in [2.05, 4.69) is 19.6 Å². The molecule has 0 aromatic heterocycles. The summed E-state index contributed by atoms with van der Waals surface area (Å²) in [5, 5.41) is 0. The van der Waals surface area contributed by atoms with Crippen LogP contribution in [0.2, 0.25) is 0 Å². The molecule has 0 aromatic rings. The highest BCUT2D eigenvalue weighted by Crippen LogP contribution is 2.20. The summed E-state index contributed by atoms with van der Waals surface area (Å²) < 4.78 is 0. The molecule has 2 nitrogen and oxygen atoms in total. The minimum atomic E-state index is 0.337. The first-order valence-corrected chi connectivity index (χ1v) is 5.29. The summed E-state index contributed by atoms with van der Waals surface area (Å²) in [6, 6.07) is 0. The summed E-state index contributed by atoms with van der Waals surface area (Å²) >= 11 is 4.13. The maximum absolute atomic E-state index is 11.4. The van der Waals surface area contributed by atoms with E-state index >= 15 is 0 Å². The van der Waals surface area contributed by atoms with Crippen LogP contribution in [0.5, 0.6) is 0 Å². The molecular formula is C9H17NOS. The van der Waals surface area contributed by atoms with Crippen molar-refractivity contribution in [2.75, 3.05) is 18.8 Å². The number of likely N-dealkylation sites (tertiary alicyclic amines) is 1. The molecule has 1 aliphatic rings. The molecule has 1 saturated heterocycles. The van der Waals surface area contributed by atoms with Crippen molar-refractivity contribution >= 4 is 18.5 Å². The van der Waals surface area contributed by atoms with Crippen molar-refractivity contribution in [2.24, 2.45) is 5.92 Å². The van der Waals surface area contributed by atoms with Gasteiger partial charge in [0.2, 0.25) is 5.91 Å². The summed E-state index contributed by atoms with van der Waals surface area (Å²) in [5.74, 6) is 1.82. The zero-order valence-corrected chi connectivity index (χ0v) is 8.52. The molecule has 0 N–H and O–H groups in total. The Balaban J connectivity index is 2.31. The van der Waals surface area contributed by atoms with Crippen LogP contribution in [0.4, 0.5) is 0 Å². The third-order valence-corrected chi connectivity index (χ3v) is 2.77. The zero-order chi connectivity index (χ0) is 8.97. The highest BCUT2D eigenvalue weighted by Gasteiger charge is 2.27. The minimum Gasteiger partial charge on any atom is -0.342 e. The van der Waals surface area contributed by atoms with Gasteiger partial charge in [0, 0.05) is 19.5 Å². The average molecular weight is 187 g/mol. The molecule has 0 aliphatic carbocycles. The molecule has 0 spiro atoms. The standard InChI is InChI=1S/C9H17NOS/c1-2-8-6-9(11)10(7-8)4-3-5-12/h8,12H,2-7H2,1H3. The Hall–Kier alpha value is -0.180. The van der Waals surface area contributed by atoms with Gasteiger partial charge >= 0.3 is 0 Å². The molecule has 0 radical (unpaired) electrons. The maximum atomic E-state index is 11.4. The van der Waals surface area contributed by atoms with Gasteiger partial charge in [0.1, 0.15) is 0 Å². The summed E-state index contributed by atoms with van der Waals surface area (Å²) in [4.78, 5) is 13.3. The molecule has 0 saturated carbocycles. The molecule has 12 heavy (non-hydrogen) atoms. The Morgan fingerprint density at radius 2 is 2.42 bits per heavy atom. The number of carbonyl (C=O) groups excluding carboxylic acids is 1. The van der Waals surface area contributed by atoms with E-state index in [1.54, 1.807) is 0 Å². The Labute approximate surface area is 79.7 Å². The lowest BCUT2D eigenvalue weighted by molar-refractivity contribution is -0.127. The van der Waals surface area contributed by atoms with E-state index in [0.717, 1.165) is 38.1 Å². The normalized spacial score (nSPS) is 23.7. The predicted octanol–water partition coefficient (Wildman–Crippen LogP) is 1.56. The largest absolute Gasteiger partial charge is 0.342 e. The van der Waals surface area contributed by atoms with Gasteiger partial charge < -0.3 is 4.90 Å². The third kappa shape index (κ3) is 2.41. The van der Waals surface area contributed by atoms with Gasteiger partial charge in [-0.3, -0.25) is 4.79 Å². The van der Waals surface area contributed by atoms with Crippen molar-refractivity contribution in [1.82, 2.24) is 4.90 Å². The van der Waals surface area contributed by atoms with Gasteiger partial charge in [0.15, 0.2) is 0 Å². The van der Waals surface area contributed by atoms with Crippen molar-refractivity contribution in [3.8, 4) is 0 Å². The van der Waals surface area contributed by atoms with Crippen molar-refractivity contribution in [3.63, 3.8) is 0 Å². The summed E-state index contributed by atoms with van der Waals surface area (Å²) in [6.07, 6.45) is 2.91. The van der Waals surface area contributed by atoms with E-state index in [-0.39, 0.29) is 0 Å². The van der Waals surface area contributed by atoms with Gasteiger partial charge in [0.05, 0.1) is 0 Å². The van der Waals surface area contributed by atoms with Crippen LogP contribution in [0.15, 0.2) is 0 Å². The highest BCUT2D eigenvalue weighted by atomic mass is 32.1. The molecule has 1 amide bonds. The lowest BCUT2D eigenvalue weighted by Gasteiger charge is -2.15. The molecule has 1 heterocycles. The first kappa shape index (κ1) is 9.90. The second-order valence-electron chi connectivity index (χ2n) is 3.40. The number of amides is 1. The number of nitrogens with zero attached hydrogens (tertiary/aromatic N) is 1. The minimum absolute atomic E-state index is 0.337. The third-order valence-electron chi connectivity index (χ3n) is 2.46. The summed E-state index contributed by atoms with van der Waals surface area (Å²) in [5.41, 5.74) is 0. The molecule has 3 heteroatoms. The van der Waals surface area contributed by atoms with Crippen LogP contribution >= 0.6 is 12.6 Å². The molecule has 0 bridgehead atoms. The predicted molar refractivity (Wildman–Crippen MR) is 53.4 cm³/mol. The molecule has 70 valence electrons. The molecule has 1 atom stereocenters. The lowest BCUT2D eigenvalue weighted by Crippen LogP contribution is -2.26. The average Bonchev–Trinajstić information content (AvgIpc) is 2.43. The number of rotatable bonds is 4. The Kier molecular flexibility index (Phi) is 3.92. The highest BCUT2D eigenvalue weighted by molar-refractivity contribution is 7.80. The van der Waals surface area contributed by atoms with Gasteiger partial charge in [-0.05, 0) is 18.1 Å². The van der Waals surface area contributed by atoms with Gasteiger partial charge in [-0.2, -0.15) is 12.6 Å². The molecular weight excluding hydrogens is 170 g/mol. The van der Waals surface area contributed by atoms with E-state index < -0.39 is 0 Å². The molecule has 0 aromatic carbocycles. The van der Waals surface area contributed by atoms with Gasteiger partial charge in [-0.1, -0.05) is 13.3 Å². The molecule has 1 rings (SSSR count). The van der Waals surface area contributed by atoms with Gasteiger partial charge in [-0.15, -0.1) is 0 Å². The second-order valence-corrected chi connectivity index (χ2v) is 3.84. The van der Waals surface area contributed by atoms with Gasteiger partial charge in [0.25, 0.3) is 0 Å². The van der Waals surface area contributed by atoms with Crippen LogP contribution in [0, 0.1) is 5.92 Å². The fourth-order valence-corrected chi connectivity index (χ4v) is 1.75. The SMILES string of the molecule is CCC1CC(=O)N(CCCS)C1. The Morgan fingerprint density at radius 3 is 2.92 bits per heavy atom. The van der Waals surface area contributed by atoms with E-state index in [4.69, 9.17) is 0 Å². The van der Waals surface area contributed by atoms with Crippen LogP contribution in [-0.2, 0) is 4.79 Å². The maximum Gasteiger partial charge on any atom is 0.222 e. The molecule has 1 unspecified atom stereocenters. The lowest BCUT2D eigenvalue weighted by atomic mass is 10.1. The van der Waals surface area contributed by atoms with Crippen molar-refractivity contribution in [2.45, 2.75) is 26.2 Å². The van der Waals surface area contributed by atoms with E-state index in [0.29, 0.717) is 11.8 Å². The van der Waals surface area contributed by atoms with E-state index in [1.165, 1.54) is 0 Å². The zero-order valence-electron chi connectivity index (χ0n) is 7.62. The van der Waals surface area contributed by atoms with Crippen LogP contribution in [-0.4, -0.2) is 29.6 Å². The fraction of sp³-hybridized carbons (Fsp3) is 0.889. The summed E-state index contributed by atoms with van der Waals surface area (Å²) in [6.45, 7) is 4.03. The fourth-order valence-electron chi connectivity index (χ4n) is 1.61. The number of thiol groups is 1. The van der Waals surface area contributed by atoms with E-state index in [9.17, 15) is 4.79 Å². The Bertz CT molecular complexity index is 161. The second kappa shape index (κ2) is 4.75. The van der Waals surface area contributed by atoms with Crippen molar-refractivity contribution < 1.29 is 4.79 Å². The van der Waals surface area contributed by atoms with Crippen LogP contribution in [0.3, 0.4) is 0 Å². The van der Waals surface area contributed by atoms with Gasteiger partial charge in [-0.25, -0.2) is 0 Å². The quantitative estimate of drug-likeness (QED) is 0.662. The smallest absolute Gasteiger partial charge is 0.222 e. The van der Waals surface area contributed by atoms with Crippen LogP contribution in [0.25, 0.3) is 0 Å². The van der Waals surface area contributed by atoms with Crippen LogP contribution < -0.4 is 0 Å². The van der Waals surface area contributed by atoms with E-state index in [1.807, 2.05) is 4.90 Å².